The van der Waals surface area contributed by atoms with E-state index in [0.29, 0.717) is 12.5 Å². The highest BCUT2D eigenvalue weighted by Crippen LogP contribution is 2.61. The lowest BCUT2D eigenvalue weighted by Gasteiger charge is -2.25. The number of anilines is 2. The maximum absolute atomic E-state index is 11.3. The van der Waals surface area contributed by atoms with E-state index in [1.165, 1.54) is 35.3 Å². The van der Waals surface area contributed by atoms with Crippen molar-refractivity contribution in [2.45, 2.75) is 38.2 Å². The lowest BCUT2D eigenvalue weighted by Crippen LogP contribution is -2.18. The van der Waals surface area contributed by atoms with Crippen molar-refractivity contribution in [2.24, 2.45) is 11.8 Å². The number of hydrogen-bond donors (Lipinski definition) is 1. The second-order valence-electron chi connectivity index (χ2n) is 9.18. The molecule has 2 heterocycles. The van der Waals surface area contributed by atoms with E-state index < -0.39 is 5.97 Å². The summed E-state index contributed by atoms with van der Waals surface area (Å²) in [6, 6.07) is 19.2. The molecule has 2 aromatic carbocycles. The molecule has 162 valence electrons. The summed E-state index contributed by atoms with van der Waals surface area (Å²) in [5.74, 6) is 0.111. The van der Waals surface area contributed by atoms with Crippen molar-refractivity contribution in [3.63, 3.8) is 0 Å². The lowest BCUT2D eigenvalue weighted by molar-refractivity contribution is -0.139. The van der Waals surface area contributed by atoms with Gasteiger partial charge in [0.25, 0.3) is 0 Å². The largest absolute Gasteiger partial charge is 0.481 e. The minimum absolute atomic E-state index is 0.151. The number of carbonyl (C=O) groups is 1. The number of rotatable bonds is 5. The number of aliphatic carboxylic acids is 1. The maximum Gasteiger partial charge on any atom is 0.307 e. The first-order valence-corrected chi connectivity index (χ1v) is 11.5. The number of benzene rings is 2. The number of carboxylic acids is 1. The number of para-hydroxylation sites is 1. The minimum atomic E-state index is -0.682. The van der Waals surface area contributed by atoms with E-state index in [9.17, 15) is 9.90 Å². The van der Waals surface area contributed by atoms with Gasteiger partial charge in [0.05, 0.1) is 5.92 Å². The van der Waals surface area contributed by atoms with Crippen molar-refractivity contribution in [3.05, 3.63) is 83.0 Å². The quantitative estimate of drug-likeness (QED) is 0.615. The lowest BCUT2D eigenvalue weighted by atomic mass is 10.0. The van der Waals surface area contributed by atoms with Crippen LogP contribution in [-0.4, -0.2) is 22.6 Å². The molecule has 3 atom stereocenters. The molecule has 0 radical (unpaired) electrons. The van der Waals surface area contributed by atoms with Gasteiger partial charge in [-0.1, -0.05) is 30.3 Å². The molecule has 1 fully saturated rings. The van der Waals surface area contributed by atoms with Crippen LogP contribution in [0.5, 0.6) is 5.88 Å². The van der Waals surface area contributed by atoms with Crippen LogP contribution in [0.4, 0.5) is 11.4 Å². The van der Waals surface area contributed by atoms with E-state index >= 15 is 0 Å². The summed E-state index contributed by atoms with van der Waals surface area (Å²) in [5.41, 5.74) is 7.31. The molecule has 6 rings (SSSR count). The number of aryl methyl sites for hydroxylation is 1. The van der Waals surface area contributed by atoms with E-state index in [1.807, 2.05) is 12.3 Å². The standard InChI is InChI=1S/C27H26N2O3/c30-27(31)26-21-13-19-14-24(28-15-22(19)25(21)26)32-16-17-9-10-18-6-4-5-11-29(23(18)12-17)20-7-2-1-3-8-20/h1-3,7-10,12,14-15,21,25-26H,4-6,11,13,16H2,(H,30,31)/t21-,25-,26+/m1/s1. The van der Waals surface area contributed by atoms with Crippen molar-refractivity contribution < 1.29 is 14.6 Å². The summed E-state index contributed by atoms with van der Waals surface area (Å²) >= 11 is 0. The van der Waals surface area contributed by atoms with Crippen LogP contribution in [0.25, 0.3) is 0 Å². The van der Waals surface area contributed by atoms with Gasteiger partial charge in [-0.2, -0.15) is 0 Å². The number of pyridine rings is 1. The van der Waals surface area contributed by atoms with Gasteiger partial charge in [-0.3, -0.25) is 4.79 Å². The number of carboxylic acid groups (broad SMARTS) is 1. The zero-order valence-electron chi connectivity index (χ0n) is 17.9. The van der Waals surface area contributed by atoms with Crippen LogP contribution >= 0.6 is 0 Å². The van der Waals surface area contributed by atoms with Gasteiger partial charge >= 0.3 is 5.97 Å². The maximum atomic E-state index is 11.3. The number of hydrogen-bond acceptors (Lipinski definition) is 4. The third-order valence-electron chi connectivity index (χ3n) is 7.24. The number of aromatic nitrogens is 1. The normalized spacial score (nSPS) is 23.0. The summed E-state index contributed by atoms with van der Waals surface area (Å²) in [6.45, 7) is 1.49. The Morgan fingerprint density at radius 1 is 1.09 bits per heavy atom. The summed E-state index contributed by atoms with van der Waals surface area (Å²) < 4.78 is 6.06. The van der Waals surface area contributed by atoms with Gasteiger partial charge in [-0.05, 0) is 72.1 Å². The third-order valence-corrected chi connectivity index (χ3v) is 7.24. The predicted octanol–water partition coefficient (Wildman–Crippen LogP) is 5.11. The SMILES string of the molecule is O=C(O)[C@H]1[C@@H]2Cc3cc(OCc4ccc5c(c4)N(c4ccccc4)CCCC5)ncc3[C@@H]21. The smallest absolute Gasteiger partial charge is 0.307 e. The molecule has 5 nitrogen and oxygen atoms in total. The molecule has 0 saturated heterocycles. The summed E-state index contributed by atoms with van der Waals surface area (Å²) in [7, 11) is 0. The van der Waals surface area contributed by atoms with Crippen LogP contribution in [0.1, 0.15) is 41.0 Å². The fourth-order valence-electron chi connectivity index (χ4n) is 5.59. The second kappa shape index (κ2) is 7.66. The zero-order valence-corrected chi connectivity index (χ0v) is 17.9. The fraction of sp³-hybridized carbons (Fsp3) is 0.333. The van der Waals surface area contributed by atoms with Crippen LogP contribution in [0, 0.1) is 11.8 Å². The molecule has 5 heteroatoms. The summed E-state index contributed by atoms with van der Waals surface area (Å²) in [4.78, 5) is 18.2. The topological polar surface area (TPSA) is 62.7 Å². The van der Waals surface area contributed by atoms with Gasteiger partial charge in [0, 0.05) is 36.1 Å². The highest BCUT2D eigenvalue weighted by atomic mass is 16.5. The van der Waals surface area contributed by atoms with Gasteiger partial charge in [0.2, 0.25) is 5.88 Å². The Bertz CT molecular complexity index is 1180. The van der Waals surface area contributed by atoms with Crippen LogP contribution in [-0.2, 0) is 24.2 Å². The average molecular weight is 427 g/mol. The Hall–Kier alpha value is -3.34. The predicted molar refractivity (Wildman–Crippen MR) is 122 cm³/mol. The second-order valence-corrected chi connectivity index (χ2v) is 9.18. The van der Waals surface area contributed by atoms with Crippen LogP contribution < -0.4 is 9.64 Å². The van der Waals surface area contributed by atoms with E-state index in [1.54, 1.807) is 0 Å². The van der Waals surface area contributed by atoms with Crippen molar-refractivity contribution >= 4 is 17.3 Å². The Balaban J connectivity index is 1.20. The third kappa shape index (κ3) is 3.32. The molecule has 0 bridgehead atoms. The highest BCUT2D eigenvalue weighted by Gasteiger charge is 2.59. The highest BCUT2D eigenvalue weighted by molar-refractivity contribution is 5.77. The molecule has 0 unspecified atom stereocenters. The molecule has 32 heavy (non-hydrogen) atoms. The zero-order chi connectivity index (χ0) is 21.7. The summed E-state index contributed by atoms with van der Waals surface area (Å²) in [5, 5.41) is 9.29. The average Bonchev–Trinajstić information content (AvgIpc) is 3.47. The van der Waals surface area contributed by atoms with Crippen LogP contribution in [0.15, 0.2) is 60.8 Å². The Labute approximate surface area is 187 Å². The van der Waals surface area contributed by atoms with Crippen molar-refractivity contribution in [1.82, 2.24) is 4.98 Å². The van der Waals surface area contributed by atoms with E-state index in [4.69, 9.17) is 4.74 Å². The number of nitrogens with zero attached hydrogens (tertiary/aromatic N) is 2. The van der Waals surface area contributed by atoms with E-state index in [0.717, 1.165) is 30.5 Å². The molecular weight excluding hydrogens is 400 g/mol. The van der Waals surface area contributed by atoms with Crippen molar-refractivity contribution in [1.29, 1.82) is 0 Å². The van der Waals surface area contributed by atoms with Gasteiger partial charge in [0.1, 0.15) is 6.61 Å². The van der Waals surface area contributed by atoms with Gasteiger partial charge < -0.3 is 14.7 Å². The van der Waals surface area contributed by atoms with Crippen molar-refractivity contribution in [2.75, 3.05) is 11.4 Å². The Kier molecular flexibility index (Phi) is 4.63. The monoisotopic (exact) mass is 426 g/mol. The molecule has 1 aliphatic heterocycles. The van der Waals surface area contributed by atoms with Gasteiger partial charge in [0.15, 0.2) is 0 Å². The fourth-order valence-corrected chi connectivity index (χ4v) is 5.59. The van der Waals surface area contributed by atoms with Crippen LogP contribution in [0.2, 0.25) is 0 Å². The first-order chi connectivity index (χ1) is 15.7. The molecule has 1 saturated carbocycles. The van der Waals surface area contributed by atoms with Crippen LogP contribution in [0.3, 0.4) is 0 Å². The molecule has 1 N–H and O–H groups in total. The molecule has 3 aromatic rings. The molecular formula is C27H26N2O3. The molecule has 1 aromatic heterocycles. The summed E-state index contributed by atoms with van der Waals surface area (Å²) in [6.07, 6.45) is 6.13. The molecule has 2 aliphatic carbocycles. The van der Waals surface area contributed by atoms with Gasteiger partial charge in [-0.25, -0.2) is 4.98 Å². The molecule has 0 spiro atoms. The Morgan fingerprint density at radius 2 is 1.97 bits per heavy atom. The first-order valence-electron chi connectivity index (χ1n) is 11.5. The van der Waals surface area contributed by atoms with E-state index in [-0.39, 0.29) is 17.8 Å². The molecule has 0 amide bonds. The molecule has 3 aliphatic rings. The first kappa shape index (κ1) is 19.4. The number of ether oxygens (including phenoxy) is 1. The number of fused-ring (bicyclic) bond motifs is 4. The Morgan fingerprint density at radius 3 is 2.81 bits per heavy atom. The minimum Gasteiger partial charge on any atom is -0.481 e. The van der Waals surface area contributed by atoms with Crippen molar-refractivity contribution in [3.8, 4) is 5.88 Å². The van der Waals surface area contributed by atoms with E-state index in [2.05, 4.69) is 58.4 Å². The van der Waals surface area contributed by atoms with Gasteiger partial charge in [-0.15, -0.1) is 0 Å².